The average Bonchev–Trinajstić information content (AvgIpc) is 3.32. The normalized spacial score (nSPS) is 11.3. The molecule has 0 unspecified atom stereocenters. The van der Waals surface area contributed by atoms with E-state index < -0.39 is 0 Å². The Hall–Kier alpha value is -2.69. The summed E-state index contributed by atoms with van der Waals surface area (Å²) in [6, 6.07) is 15.2. The highest BCUT2D eigenvalue weighted by Crippen LogP contribution is 2.47. The van der Waals surface area contributed by atoms with Gasteiger partial charge in [0, 0.05) is 28.1 Å². The lowest BCUT2D eigenvalue weighted by Gasteiger charge is -2.28. The summed E-state index contributed by atoms with van der Waals surface area (Å²) in [6.45, 7) is 2.09. The Kier molecular flexibility index (Phi) is 3.73. The van der Waals surface area contributed by atoms with Crippen molar-refractivity contribution in [2.45, 2.75) is 6.92 Å². The molecule has 0 fully saturated rings. The highest BCUT2D eigenvalue weighted by Gasteiger charge is 2.22. The molecule has 0 radical (unpaired) electrons. The number of hydrogen-bond acceptors (Lipinski definition) is 4. The molecular weight excluding hydrogens is 356 g/mol. The van der Waals surface area contributed by atoms with Gasteiger partial charge in [-0.05, 0) is 40.4 Å². The molecular formula is C22H16N2S2. The zero-order chi connectivity index (χ0) is 17.5. The molecule has 4 heteroatoms. The number of fused-ring (bicyclic) bond motifs is 2. The summed E-state index contributed by atoms with van der Waals surface area (Å²) in [5.74, 6) is 0. The molecule has 0 saturated heterocycles. The van der Waals surface area contributed by atoms with Gasteiger partial charge in [-0.25, -0.2) is 0 Å². The molecule has 4 aliphatic rings. The van der Waals surface area contributed by atoms with Crippen molar-refractivity contribution in [1.29, 1.82) is 0 Å². The molecule has 3 heterocycles. The van der Waals surface area contributed by atoms with Gasteiger partial charge >= 0.3 is 0 Å². The molecule has 1 aromatic heterocycles. The molecule has 0 saturated carbocycles. The van der Waals surface area contributed by atoms with Crippen molar-refractivity contribution in [2.75, 3.05) is 4.90 Å². The van der Waals surface area contributed by atoms with Crippen LogP contribution in [0, 0.1) is 6.92 Å². The number of anilines is 3. The van der Waals surface area contributed by atoms with Crippen molar-refractivity contribution in [3.63, 3.8) is 0 Å². The van der Waals surface area contributed by atoms with Crippen LogP contribution in [0.4, 0.5) is 17.1 Å². The van der Waals surface area contributed by atoms with Gasteiger partial charge in [0.15, 0.2) is 0 Å². The van der Waals surface area contributed by atoms with Crippen LogP contribution in [0.3, 0.4) is 0 Å². The van der Waals surface area contributed by atoms with Crippen LogP contribution in [0.15, 0.2) is 76.4 Å². The molecule has 0 spiro atoms. The Morgan fingerprint density at radius 2 is 1.38 bits per heavy atom. The van der Waals surface area contributed by atoms with Gasteiger partial charge in [-0.15, -0.1) is 22.7 Å². The number of nitrogens with zero attached hydrogens (tertiary/aromatic N) is 2. The van der Waals surface area contributed by atoms with Crippen molar-refractivity contribution in [2.24, 2.45) is 0 Å². The Bertz CT molecular complexity index is 1060. The van der Waals surface area contributed by atoms with Crippen LogP contribution >= 0.6 is 22.7 Å². The predicted molar refractivity (Wildman–Crippen MR) is 113 cm³/mol. The summed E-state index contributed by atoms with van der Waals surface area (Å²) >= 11 is 3.47. The lowest BCUT2D eigenvalue weighted by atomic mass is 10.1. The molecule has 2 nitrogen and oxygen atoms in total. The molecule has 26 heavy (non-hydrogen) atoms. The van der Waals surface area contributed by atoms with Crippen molar-refractivity contribution in [3.8, 4) is 22.3 Å². The van der Waals surface area contributed by atoms with Gasteiger partial charge in [0.1, 0.15) is 0 Å². The first kappa shape index (κ1) is 15.6. The largest absolute Gasteiger partial charge is 0.306 e. The molecule has 5 rings (SSSR count). The second kappa shape index (κ2) is 6.24. The number of aromatic nitrogens is 1. The lowest BCUT2D eigenvalue weighted by molar-refractivity contribution is 1.21. The Balaban J connectivity index is 1.80. The maximum atomic E-state index is 4.46. The topological polar surface area (TPSA) is 16.1 Å². The minimum atomic E-state index is 1.09. The summed E-state index contributed by atoms with van der Waals surface area (Å²) in [5.41, 5.74) is 9.72. The Morgan fingerprint density at radius 1 is 0.769 bits per heavy atom. The average molecular weight is 373 g/mol. The van der Waals surface area contributed by atoms with E-state index in [1.54, 1.807) is 22.7 Å². The minimum Gasteiger partial charge on any atom is -0.306 e. The van der Waals surface area contributed by atoms with E-state index >= 15 is 0 Å². The van der Waals surface area contributed by atoms with Gasteiger partial charge in [-0.3, -0.25) is 4.98 Å². The molecule has 0 bridgehead atoms. The van der Waals surface area contributed by atoms with Gasteiger partial charge in [0.2, 0.25) is 0 Å². The van der Waals surface area contributed by atoms with Crippen molar-refractivity contribution in [3.05, 3.63) is 81.9 Å². The molecule has 126 valence electrons. The highest BCUT2D eigenvalue weighted by atomic mass is 32.1. The van der Waals surface area contributed by atoms with E-state index in [0.717, 1.165) is 11.3 Å². The van der Waals surface area contributed by atoms with E-state index in [-0.39, 0.29) is 0 Å². The number of hydrogen-bond donors (Lipinski definition) is 0. The first-order valence-corrected chi connectivity index (χ1v) is 10.3. The first-order valence-electron chi connectivity index (χ1n) is 8.43. The second-order valence-corrected chi connectivity index (χ2v) is 7.85. The van der Waals surface area contributed by atoms with E-state index in [1.807, 2.05) is 12.4 Å². The third-order valence-corrected chi connectivity index (χ3v) is 6.10. The summed E-state index contributed by atoms with van der Waals surface area (Å²) in [4.78, 5) is 6.80. The molecule has 0 aromatic carbocycles. The van der Waals surface area contributed by atoms with Crippen molar-refractivity contribution >= 4 is 39.7 Å². The minimum absolute atomic E-state index is 1.09. The Labute approximate surface area is 160 Å². The van der Waals surface area contributed by atoms with Gasteiger partial charge in [0.25, 0.3) is 0 Å². The van der Waals surface area contributed by atoms with Crippen LogP contribution in [0.5, 0.6) is 0 Å². The number of rotatable bonds is 3. The van der Waals surface area contributed by atoms with E-state index in [4.69, 9.17) is 0 Å². The standard InChI is InChI=1S/C22H16N2S2/c1-15-8-18(10-23-9-15)24(21-13-25-11-16-4-2-6-19(16)21)22-14-26-12-17-5-3-7-20(17)22/h2-14H,1H3. The van der Waals surface area contributed by atoms with Gasteiger partial charge < -0.3 is 4.90 Å². The maximum absolute atomic E-state index is 4.46. The summed E-state index contributed by atoms with van der Waals surface area (Å²) in [7, 11) is 0. The maximum Gasteiger partial charge on any atom is 0.0648 e. The monoisotopic (exact) mass is 372 g/mol. The molecule has 2 aliphatic heterocycles. The van der Waals surface area contributed by atoms with Gasteiger partial charge in [-0.2, -0.15) is 0 Å². The highest BCUT2D eigenvalue weighted by molar-refractivity contribution is 7.08. The molecule has 0 amide bonds. The fraction of sp³-hybridized carbons (Fsp3) is 0.0455. The number of aryl methyl sites for hydroxylation is 1. The SMILES string of the molecule is Cc1cncc(N(c2cscc3cccc2-3)c2cscc3cccc2-3)c1. The summed E-state index contributed by atoms with van der Waals surface area (Å²) in [5, 5.41) is 8.88. The lowest BCUT2D eigenvalue weighted by Crippen LogP contribution is -2.12. The zero-order valence-electron chi connectivity index (χ0n) is 14.2. The molecule has 0 atom stereocenters. The van der Waals surface area contributed by atoms with E-state index in [9.17, 15) is 0 Å². The van der Waals surface area contributed by atoms with E-state index in [1.165, 1.54) is 33.6 Å². The van der Waals surface area contributed by atoms with Crippen molar-refractivity contribution in [1.82, 2.24) is 4.98 Å². The summed E-state index contributed by atoms with van der Waals surface area (Å²) in [6.07, 6.45) is 3.85. The second-order valence-electron chi connectivity index (χ2n) is 6.36. The van der Waals surface area contributed by atoms with Gasteiger partial charge in [0.05, 0.1) is 23.3 Å². The van der Waals surface area contributed by atoms with Crippen LogP contribution in [0.25, 0.3) is 22.3 Å². The van der Waals surface area contributed by atoms with Crippen LogP contribution < -0.4 is 4.90 Å². The van der Waals surface area contributed by atoms with Crippen LogP contribution in [0.2, 0.25) is 0 Å². The molecule has 2 aliphatic carbocycles. The quantitative estimate of drug-likeness (QED) is 0.333. The first-order chi connectivity index (χ1) is 12.8. The Morgan fingerprint density at radius 3 is 1.96 bits per heavy atom. The summed E-state index contributed by atoms with van der Waals surface area (Å²) < 4.78 is 0. The van der Waals surface area contributed by atoms with E-state index in [2.05, 4.69) is 80.8 Å². The fourth-order valence-corrected chi connectivity index (χ4v) is 4.99. The fourth-order valence-electron chi connectivity index (χ4n) is 3.43. The van der Waals surface area contributed by atoms with Crippen LogP contribution in [-0.2, 0) is 0 Å². The zero-order valence-corrected chi connectivity index (χ0v) is 15.8. The smallest absolute Gasteiger partial charge is 0.0648 e. The van der Waals surface area contributed by atoms with E-state index in [0.29, 0.717) is 0 Å². The van der Waals surface area contributed by atoms with Crippen LogP contribution in [-0.4, -0.2) is 4.98 Å². The predicted octanol–water partition coefficient (Wildman–Crippen LogP) is 7.19. The van der Waals surface area contributed by atoms with Gasteiger partial charge in [-0.1, -0.05) is 36.4 Å². The van der Waals surface area contributed by atoms with Crippen LogP contribution in [0.1, 0.15) is 5.56 Å². The third kappa shape index (κ3) is 2.50. The molecule has 1 aromatic rings. The van der Waals surface area contributed by atoms with Crippen molar-refractivity contribution < 1.29 is 0 Å². The molecule has 0 N–H and O–H groups in total. The third-order valence-electron chi connectivity index (χ3n) is 4.60. The number of pyridine rings is 1.